The highest BCUT2D eigenvalue weighted by molar-refractivity contribution is 7.12. The van der Waals surface area contributed by atoms with Gasteiger partial charge in [-0.05, 0) is 36.1 Å². The Morgan fingerprint density at radius 2 is 2.05 bits per heavy atom. The first kappa shape index (κ1) is 14.1. The predicted molar refractivity (Wildman–Crippen MR) is 79.2 cm³/mol. The summed E-state index contributed by atoms with van der Waals surface area (Å²) in [5, 5.41) is 4.42. The minimum atomic E-state index is -0.473. The number of nitrogens with two attached hydrogens (primary N) is 1. The normalized spacial score (nSPS) is 10.1. The first-order chi connectivity index (χ1) is 9.54. The second-order valence-electron chi connectivity index (χ2n) is 4.13. The number of thiophene rings is 1. The lowest BCUT2D eigenvalue weighted by Gasteiger charge is -2.09. The molecule has 0 aliphatic carbocycles. The maximum atomic E-state index is 12.2. The number of carbonyl (C=O) groups is 2. The largest absolute Gasteiger partial charge is 0.465 e. The SMILES string of the molecule is COC(=O)c1sccc1NC(=O)c1cccc(N)c1C. The zero-order valence-corrected chi connectivity index (χ0v) is 11.9. The van der Waals surface area contributed by atoms with Crippen LogP contribution in [-0.2, 0) is 4.74 Å². The molecule has 20 heavy (non-hydrogen) atoms. The number of benzene rings is 1. The van der Waals surface area contributed by atoms with Gasteiger partial charge in [0, 0.05) is 11.3 Å². The van der Waals surface area contributed by atoms with Gasteiger partial charge in [0.2, 0.25) is 0 Å². The molecule has 0 unspecified atom stereocenters. The van der Waals surface area contributed by atoms with Crippen LogP contribution in [0.5, 0.6) is 0 Å². The van der Waals surface area contributed by atoms with E-state index in [9.17, 15) is 9.59 Å². The third kappa shape index (κ3) is 2.65. The Hall–Kier alpha value is -2.34. The van der Waals surface area contributed by atoms with E-state index in [-0.39, 0.29) is 5.91 Å². The Labute approximate surface area is 120 Å². The third-order valence-electron chi connectivity index (χ3n) is 2.90. The van der Waals surface area contributed by atoms with Crippen molar-refractivity contribution in [3.63, 3.8) is 0 Å². The molecule has 1 aromatic carbocycles. The molecule has 2 aromatic rings. The highest BCUT2D eigenvalue weighted by Crippen LogP contribution is 2.24. The van der Waals surface area contributed by atoms with E-state index in [1.54, 1.807) is 36.6 Å². The van der Waals surface area contributed by atoms with Gasteiger partial charge in [0.05, 0.1) is 12.8 Å². The number of methoxy groups -OCH3 is 1. The molecule has 2 rings (SSSR count). The van der Waals surface area contributed by atoms with Crippen LogP contribution in [0.3, 0.4) is 0 Å². The fraction of sp³-hybridized carbons (Fsp3) is 0.143. The molecule has 0 bridgehead atoms. The summed E-state index contributed by atoms with van der Waals surface area (Å²) in [4.78, 5) is 24.1. The summed E-state index contributed by atoms with van der Waals surface area (Å²) in [6.45, 7) is 1.78. The highest BCUT2D eigenvalue weighted by atomic mass is 32.1. The molecular weight excluding hydrogens is 276 g/mol. The van der Waals surface area contributed by atoms with Crippen LogP contribution in [-0.4, -0.2) is 19.0 Å². The van der Waals surface area contributed by atoms with Crippen LogP contribution in [0, 0.1) is 6.92 Å². The number of carbonyl (C=O) groups excluding carboxylic acids is 2. The van der Waals surface area contributed by atoms with E-state index < -0.39 is 5.97 Å². The Morgan fingerprint density at radius 1 is 1.30 bits per heavy atom. The molecule has 0 saturated carbocycles. The summed E-state index contributed by atoms with van der Waals surface area (Å²) in [6, 6.07) is 6.80. The molecule has 1 amide bonds. The number of nitrogens with one attached hydrogen (secondary N) is 1. The number of nitrogen functional groups attached to an aromatic ring is 1. The van der Waals surface area contributed by atoms with Crippen molar-refractivity contribution in [1.82, 2.24) is 0 Å². The van der Waals surface area contributed by atoms with Gasteiger partial charge in [0.15, 0.2) is 0 Å². The van der Waals surface area contributed by atoms with E-state index in [4.69, 9.17) is 5.73 Å². The summed E-state index contributed by atoms with van der Waals surface area (Å²) < 4.78 is 4.67. The summed E-state index contributed by atoms with van der Waals surface area (Å²) in [5.74, 6) is -0.780. The molecular formula is C14H14N2O3S. The molecule has 3 N–H and O–H groups in total. The summed E-state index contributed by atoms with van der Waals surface area (Å²) >= 11 is 1.21. The molecule has 0 aliphatic heterocycles. The Balaban J connectivity index is 2.27. The number of rotatable bonds is 3. The van der Waals surface area contributed by atoms with Crippen molar-refractivity contribution >= 4 is 34.6 Å². The van der Waals surface area contributed by atoms with Crippen LogP contribution in [0.1, 0.15) is 25.6 Å². The van der Waals surface area contributed by atoms with E-state index in [1.165, 1.54) is 18.4 Å². The number of esters is 1. The quantitative estimate of drug-likeness (QED) is 0.672. The minimum absolute atomic E-state index is 0.307. The third-order valence-corrected chi connectivity index (χ3v) is 3.80. The van der Waals surface area contributed by atoms with Crippen molar-refractivity contribution in [3.8, 4) is 0 Å². The first-order valence-electron chi connectivity index (χ1n) is 5.87. The molecule has 0 spiro atoms. The van der Waals surface area contributed by atoms with Gasteiger partial charge >= 0.3 is 5.97 Å². The van der Waals surface area contributed by atoms with Crippen molar-refractivity contribution in [1.29, 1.82) is 0 Å². The van der Waals surface area contributed by atoms with Crippen LogP contribution in [0.2, 0.25) is 0 Å². The molecule has 1 heterocycles. The van der Waals surface area contributed by atoms with Crippen LogP contribution >= 0.6 is 11.3 Å². The van der Waals surface area contributed by atoms with Gasteiger partial charge < -0.3 is 15.8 Å². The van der Waals surface area contributed by atoms with Gasteiger partial charge in [0.25, 0.3) is 5.91 Å². The lowest BCUT2D eigenvalue weighted by atomic mass is 10.1. The molecule has 1 aromatic heterocycles. The topological polar surface area (TPSA) is 81.4 Å². The van der Waals surface area contributed by atoms with Gasteiger partial charge in [-0.15, -0.1) is 11.3 Å². The van der Waals surface area contributed by atoms with Gasteiger partial charge in [-0.3, -0.25) is 4.79 Å². The summed E-state index contributed by atoms with van der Waals surface area (Å²) in [7, 11) is 1.30. The molecule has 6 heteroatoms. The van der Waals surface area contributed by atoms with Crippen LogP contribution in [0.15, 0.2) is 29.6 Å². The molecule has 0 radical (unpaired) electrons. The van der Waals surface area contributed by atoms with E-state index in [0.29, 0.717) is 27.4 Å². The van der Waals surface area contributed by atoms with Gasteiger partial charge in [-0.25, -0.2) is 4.79 Å². The lowest BCUT2D eigenvalue weighted by Crippen LogP contribution is -2.15. The van der Waals surface area contributed by atoms with Crippen molar-refractivity contribution in [3.05, 3.63) is 45.6 Å². The number of hydrogen-bond donors (Lipinski definition) is 2. The zero-order valence-electron chi connectivity index (χ0n) is 11.1. The maximum absolute atomic E-state index is 12.2. The molecule has 104 valence electrons. The molecule has 5 nitrogen and oxygen atoms in total. The molecule has 0 atom stereocenters. The van der Waals surface area contributed by atoms with Crippen LogP contribution in [0.4, 0.5) is 11.4 Å². The van der Waals surface area contributed by atoms with E-state index in [0.717, 1.165) is 0 Å². The minimum Gasteiger partial charge on any atom is -0.465 e. The lowest BCUT2D eigenvalue weighted by molar-refractivity contribution is 0.0607. The first-order valence-corrected chi connectivity index (χ1v) is 6.74. The molecule has 0 fully saturated rings. The maximum Gasteiger partial charge on any atom is 0.350 e. The van der Waals surface area contributed by atoms with E-state index in [2.05, 4.69) is 10.1 Å². The molecule has 0 saturated heterocycles. The second kappa shape index (κ2) is 5.75. The van der Waals surface area contributed by atoms with Crippen LogP contribution < -0.4 is 11.1 Å². The number of ether oxygens (including phenoxy) is 1. The summed E-state index contributed by atoms with van der Waals surface area (Å²) in [5.41, 5.74) is 7.96. The fourth-order valence-electron chi connectivity index (χ4n) is 1.75. The van der Waals surface area contributed by atoms with Crippen molar-refractivity contribution in [2.75, 3.05) is 18.2 Å². The fourth-order valence-corrected chi connectivity index (χ4v) is 2.51. The van der Waals surface area contributed by atoms with Crippen molar-refractivity contribution in [2.24, 2.45) is 0 Å². The van der Waals surface area contributed by atoms with Crippen LogP contribution in [0.25, 0.3) is 0 Å². The number of anilines is 2. The van der Waals surface area contributed by atoms with Gasteiger partial charge in [-0.2, -0.15) is 0 Å². The van der Waals surface area contributed by atoms with Crippen molar-refractivity contribution in [2.45, 2.75) is 6.92 Å². The highest BCUT2D eigenvalue weighted by Gasteiger charge is 2.17. The summed E-state index contributed by atoms with van der Waals surface area (Å²) in [6.07, 6.45) is 0. The number of hydrogen-bond acceptors (Lipinski definition) is 5. The Bertz CT molecular complexity index is 664. The van der Waals surface area contributed by atoms with Crippen molar-refractivity contribution < 1.29 is 14.3 Å². The average molecular weight is 290 g/mol. The smallest absolute Gasteiger partial charge is 0.350 e. The standard InChI is InChI=1S/C14H14N2O3S/c1-8-9(4-3-5-10(8)15)13(17)16-11-6-7-20-12(11)14(18)19-2/h3-7H,15H2,1-2H3,(H,16,17). The number of amides is 1. The molecule has 0 aliphatic rings. The predicted octanol–water partition coefficient (Wildman–Crippen LogP) is 2.68. The monoisotopic (exact) mass is 290 g/mol. The zero-order chi connectivity index (χ0) is 14.7. The average Bonchev–Trinajstić information content (AvgIpc) is 2.89. The second-order valence-corrected chi connectivity index (χ2v) is 5.05. The Morgan fingerprint density at radius 3 is 2.75 bits per heavy atom. The van der Waals surface area contributed by atoms with Gasteiger partial charge in [0.1, 0.15) is 4.88 Å². The Kier molecular flexibility index (Phi) is 4.05. The van der Waals surface area contributed by atoms with E-state index >= 15 is 0 Å². The van der Waals surface area contributed by atoms with Gasteiger partial charge in [-0.1, -0.05) is 6.07 Å². The van der Waals surface area contributed by atoms with E-state index in [1.807, 2.05) is 0 Å².